The molecule has 0 aliphatic carbocycles. The highest BCUT2D eigenvalue weighted by atomic mass is 32.2. The van der Waals surface area contributed by atoms with Crippen LogP contribution in [-0.4, -0.2) is 21.7 Å². The summed E-state index contributed by atoms with van der Waals surface area (Å²) in [5, 5.41) is 13.5. The van der Waals surface area contributed by atoms with E-state index in [9.17, 15) is 0 Å². The molecule has 0 fully saturated rings. The van der Waals surface area contributed by atoms with E-state index in [4.69, 9.17) is 0 Å². The van der Waals surface area contributed by atoms with Gasteiger partial charge in [0.15, 0.2) is 4.34 Å². The molecule has 0 radical (unpaired) electrons. The van der Waals surface area contributed by atoms with Crippen LogP contribution < -0.4 is 5.32 Å². The molecule has 2 aromatic rings. The van der Waals surface area contributed by atoms with Gasteiger partial charge in [-0.15, -0.1) is 10.2 Å². The van der Waals surface area contributed by atoms with Gasteiger partial charge in [0.05, 0.1) is 0 Å². The first-order valence-corrected chi connectivity index (χ1v) is 7.96. The summed E-state index contributed by atoms with van der Waals surface area (Å²) in [6.45, 7) is 8.14. The Labute approximate surface area is 122 Å². The third-order valence-electron chi connectivity index (χ3n) is 2.53. The van der Waals surface area contributed by atoms with Crippen LogP contribution in [0, 0.1) is 13.8 Å². The first-order valence-electron chi connectivity index (χ1n) is 6.33. The Morgan fingerprint density at radius 3 is 2.79 bits per heavy atom. The number of hydrogen-bond acceptors (Lipinski definition) is 6. The molecule has 1 N–H and O–H groups in total. The van der Waals surface area contributed by atoms with Gasteiger partial charge in [0.25, 0.3) is 0 Å². The molecule has 102 valence electrons. The summed E-state index contributed by atoms with van der Waals surface area (Å²) in [6, 6.07) is 2.19. The van der Waals surface area contributed by atoms with Crippen LogP contribution in [0.15, 0.2) is 21.6 Å². The number of aromatic nitrogens is 3. The first kappa shape index (κ1) is 14.4. The Kier molecular flexibility index (Phi) is 5.30. The molecule has 0 aliphatic rings. The van der Waals surface area contributed by atoms with Crippen LogP contribution >= 0.6 is 23.1 Å². The van der Waals surface area contributed by atoms with E-state index in [1.165, 1.54) is 11.1 Å². The number of rotatable bonds is 6. The van der Waals surface area contributed by atoms with E-state index in [1.807, 2.05) is 13.1 Å². The summed E-state index contributed by atoms with van der Waals surface area (Å²) >= 11 is 3.19. The van der Waals surface area contributed by atoms with Gasteiger partial charge in [-0.2, -0.15) is 0 Å². The van der Waals surface area contributed by atoms with Gasteiger partial charge in [-0.25, -0.2) is 4.98 Å². The highest BCUT2D eigenvalue weighted by Gasteiger charge is 2.08. The van der Waals surface area contributed by atoms with E-state index in [0.717, 1.165) is 33.9 Å². The zero-order chi connectivity index (χ0) is 13.7. The largest absolute Gasteiger partial charge is 0.313 e. The molecule has 0 atom stereocenters. The van der Waals surface area contributed by atoms with Gasteiger partial charge in [0, 0.05) is 12.7 Å². The molecule has 0 amide bonds. The maximum absolute atomic E-state index is 4.52. The second kappa shape index (κ2) is 6.98. The number of hydrogen-bond donors (Lipinski definition) is 1. The van der Waals surface area contributed by atoms with Crippen molar-refractivity contribution < 1.29 is 0 Å². The molecule has 4 nitrogen and oxygen atoms in total. The number of nitrogens with one attached hydrogen (secondary N) is 1. The van der Waals surface area contributed by atoms with Crippen LogP contribution in [0.1, 0.15) is 29.5 Å². The van der Waals surface area contributed by atoms with E-state index in [2.05, 4.69) is 40.4 Å². The van der Waals surface area contributed by atoms with Crippen molar-refractivity contribution in [3.8, 4) is 0 Å². The van der Waals surface area contributed by atoms with Gasteiger partial charge in [0.1, 0.15) is 10.0 Å². The Morgan fingerprint density at radius 1 is 1.32 bits per heavy atom. The molecule has 6 heteroatoms. The average Bonchev–Trinajstić information content (AvgIpc) is 2.79. The highest BCUT2D eigenvalue weighted by molar-refractivity contribution is 8.01. The molecule has 0 aliphatic heterocycles. The third-order valence-corrected chi connectivity index (χ3v) is 4.54. The topological polar surface area (TPSA) is 50.7 Å². The van der Waals surface area contributed by atoms with Gasteiger partial charge in [0.2, 0.25) is 0 Å². The second-order valence-corrected chi connectivity index (χ2v) is 6.75. The molecule has 0 bridgehead atoms. The van der Waals surface area contributed by atoms with Gasteiger partial charge >= 0.3 is 0 Å². The lowest BCUT2D eigenvalue weighted by Gasteiger charge is -2.06. The monoisotopic (exact) mass is 294 g/mol. The van der Waals surface area contributed by atoms with Crippen molar-refractivity contribution in [3.63, 3.8) is 0 Å². The van der Waals surface area contributed by atoms with Crippen LogP contribution in [-0.2, 0) is 6.54 Å². The van der Waals surface area contributed by atoms with Crippen LogP contribution in [0.5, 0.6) is 0 Å². The van der Waals surface area contributed by atoms with Crippen molar-refractivity contribution in [3.05, 3.63) is 28.4 Å². The van der Waals surface area contributed by atoms with E-state index >= 15 is 0 Å². The zero-order valence-corrected chi connectivity index (χ0v) is 13.1. The maximum atomic E-state index is 4.52. The summed E-state index contributed by atoms with van der Waals surface area (Å²) in [7, 11) is 0. The summed E-state index contributed by atoms with van der Waals surface area (Å²) in [5.41, 5.74) is 2.41. The summed E-state index contributed by atoms with van der Waals surface area (Å²) < 4.78 is 0.949. The van der Waals surface area contributed by atoms with Crippen molar-refractivity contribution in [2.45, 2.75) is 43.1 Å². The van der Waals surface area contributed by atoms with Crippen molar-refractivity contribution >= 4 is 23.1 Å². The van der Waals surface area contributed by atoms with Gasteiger partial charge in [-0.1, -0.05) is 24.3 Å². The minimum atomic E-state index is 0.880. The maximum Gasteiger partial charge on any atom is 0.180 e. The van der Waals surface area contributed by atoms with E-state index in [-0.39, 0.29) is 0 Å². The van der Waals surface area contributed by atoms with Crippen LogP contribution in [0.3, 0.4) is 0 Å². The van der Waals surface area contributed by atoms with Crippen molar-refractivity contribution in [2.24, 2.45) is 0 Å². The lowest BCUT2D eigenvalue weighted by Crippen LogP contribution is -2.14. The normalized spacial score (nSPS) is 10.9. The first-order chi connectivity index (χ1) is 9.19. The van der Waals surface area contributed by atoms with Crippen molar-refractivity contribution in [1.29, 1.82) is 0 Å². The van der Waals surface area contributed by atoms with Crippen LogP contribution in [0.4, 0.5) is 0 Å². The zero-order valence-electron chi connectivity index (χ0n) is 11.4. The standard InChI is InChI=1S/C13H18N4S2/c1-4-5-14-7-11-6-9(2)12(15-8-11)19-13-17-16-10(3)18-13/h6,8,14H,4-5,7H2,1-3H3. The second-order valence-electron chi connectivity index (χ2n) is 4.33. The van der Waals surface area contributed by atoms with Gasteiger partial charge in [-0.05, 0) is 49.7 Å². The van der Waals surface area contributed by atoms with Crippen LogP contribution in [0.25, 0.3) is 0 Å². The van der Waals surface area contributed by atoms with Crippen molar-refractivity contribution in [1.82, 2.24) is 20.5 Å². The smallest absolute Gasteiger partial charge is 0.180 e. The van der Waals surface area contributed by atoms with E-state index < -0.39 is 0 Å². The van der Waals surface area contributed by atoms with Gasteiger partial charge < -0.3 is 5.32 Å². The molecule has 0 saturated heterocycles. The summed E-state index contributed by atoms with van der Waals surface area (Å²) in [4.78, 5) is 4.52. The molecule has 0 aromatic carbocycles. The summed E-state index contributed by atoms with van der Waals surface area (Å²) in [6.07, 6.45) is 3.09. The average molecular weight is 294 g/mol. The minimum absolute atomic E-state index is 0.880. The molecular formula is C13H18N4S2. The predicted molar refractivity (Wildman–Crippen MR) is 79.7 cm³/mol. The molecule has 0 spiro atoms. The molecular weight excluding hydrogens is 276 g/mol. The van der Waals surface area contributed by atoms with E-state index in [1.54, 1.807) is 23.1 Å². The molecule has 2 heterocycles. The lowest BCUT2D eigenvalue weighted by molar-refractivity contribution is 0.672. The predicted octanol–water partition coefficient (Wildman–Crippen LogP) is 3.20. The molecule has 2 rings (SSSR count). The number of aryl methyl sites for hydroxylation is 2. The Morgan fingerprint density at radius 2 is 2.16 bits per heavy atom. The Bertz CT molecular complexity index is 539. The highest BCUT2D eigenvalue weighted by Crippen LogP contribution is 2.30. The third kappa shape index (κ3) is 4.26. The lowest BCUT2D eigenvalue weighted by atomic mass is 10.2. The fourth-order valence-electron chi connectivity index (χ4n) is 1.64. The van der Waals surface area contributed by atoms with Crippen LogP contribution in [0.2, 0.25) is 0 Å². The van der Waals surface area contributed by atoms with E-state index in [0.29, 0.717) is 0 Å². The number of pyridine rings is 1. The Balaban J connectivity index is 2.02. The molecule has 0 unspecified atom stereocenters. The quantitative estimate of drug-likeness (QED) is 0.829. The fraction of sp³-hybridized carbons (Fsp3) is 0.462. The summed E-state index contributed by atoms with van der Waals surface area (Å²) in [5.74, 6) is 0. The Hall–Kier alpha value is -0.980. The fourth-order valence-corrected chi connectivity index (χ4v) is 3.39. The molecule has 0 saturated carbocycles. The number of nitrogens with zero attached hydrogens (tertiary/aromatic N) is 3. The SMILES string of the molecule is CCCNCc1cnc(Sc2nnc(C)s2)c(C)c1. The van der Waals surface area contributed by atoms with Crippen molar-refractivity contribution in [2.75, 3.05) is 6.54 Å². The molecule has 2 aromatic heterocycles. The van der Waals surface area contributed by atoms with Gasteiger partial charge in [-0.3, -0.25) is 0 Å². The minimum Gasteiger partial charge on any atom is -0.313 e. The molecule has 19 heavy (non-hydrogen) atoms.